The van der Waals surface area contributed by atoms with Crippen LogP contribution in [0.3, 0.4) is 0 Å². The molecule has 1 aliphatic carbocycles. The lowest BCUT2D eigenvalue weighted by molar-refractivity contribution is 0.0945. The number of hydrogen-bond donors (Lipinski definition) is 1. The van der Waals surface area contributed by atoms with E-state index >= 15 is 0 Å². The Hall–Kier alpha value is -3.15. The maximum Gasteiger partial charge on any atom is 0.273 e. The minimum atomic E-state index is -0.194. The van der Waals surface area contributed by atoms with Crippen molar-refractivity contribution >= 4 is 5.91 Å². The van der Waals surface area contributed by atoms with Gasteiger partial charge in [0, 0.05) is 12.0 Å². The topological polar surface area (TPSA) is 69.0 Å². The van der Waals surface area contributed by atoms with Crippen molar-refractivity contribution in [2.75, 3.05) is 6.61 Å². The van der Waals surface area contributed by atoms with Gasteiger partial charge in [-0.15, -0.1) is 5.10 Å². The number of nitrogens with one attached hydrogen (secondary N) is 1. The van der Waals surface area contributed by atoms with Crippen molar-refractivity contribution in [3.63, 3.8) is 0 Å². The van der Waals surface area contributed by atoms with Gasteiger partial charge in [-0.1, -0.05) is 35.5 Å². The molecule has 0 saturated heterocycles. The van der Waals surface area contributed by atoms with Crippen LogP contribution in [-0.2, 0) is 0 Å². The number of carbonyl (C=O) groups excluding carboxylic acids is 1. The highest BCUT2D eigenvalue weighted by molar-refractivity contribution is 5.92. The quantitative estimate of drug-likeness (QED) is 0.744. The highest BCUT2D eigenvalue weighted by atomic mass is 16.5. The van der Waals surface area contributed by atoms with Gasteiger partial charge in [-0.3, -0.25) is 4.79 Å². The molecule has 1 amide bonds. The second-order valence-corrected chi connectivity index (χ2v) is 6.31. The summed E-state index contributed by atoms with van der Waals surface area (Å²) in [6.45, 7) is 2.61. The number of amides is 1. The molecule has 0 aliphatic heterocycles. The van der Waals surface area contributed by atoms with E-state index in [1.807, 2.05) is 55.5 Å². The van der Waals surface area contributed by atoms with Crippen LogP contribution in [0.2, 0.25) is 0 Å². The molecule has 132 valence electrons. The summed E-state index contributed by atoms with van der Waals surface area (Å²) in [5, 5.41) is 11.1. The largest absolute Gasteiger partial charge is 0.494 e. The molecule has 1 heterocycles. The highest BCUT2D eigenvalue weighted by Gasteiger charge is 2.40. The summed E-state index contributed by atoms with van der Waals surface area (Å²) in [7, 11) is 0. The zero-order valence-corrected chi connectivity index (χ0v) is 14.5. The minimum Gasteiger partial charge on any atom is -0.494 e. The van der Waals surface area contributed by atoms with Gasteiger partial charge in [-0.05, 0) is 43.2 Å². The first-order chi connectivity index (χ1) is 12.7. The number of para-hydroxylation sites is 1. The van der Waals surface area contributed by atoms with E-state index in [0.717, 1.165) is 17.9 Å². The Balaban J connectivity index is 1.39. The first-order valence-corrected chi connectivity index (χ1v) is 8.76. The van der Waals surface area contributed by atoms with E-state index in [2.05, 4.69) is 21.7 Å². The Morgan fingerprint density at radius 1 is 1.23 bits per heavy atom. The number of ether oxygens (including phenoxy) is 1. The molecule has 0 radical (unpaired) electrons. The van der Waals surface area contributed by atoms with E-state index in [9.17, 15) is 4.79 Å². The van der Waals surface area contributed by atoms with Gasteiger partial charge in [0.2, 0.25) is 0 Å². The normalized spacial score (nSPS) is 18.3. The molecule has 2 aromatic carbocycles. The van der Waals surface area contributed by atoms with Gasteiger partial charge in [-0.25, -0.2) is 4.68 Å². The zero-order valence-electron chi connectivity index (χ0n) is 14.5. The molecule has 2 atom stereocenters. The molecule has 6 heteroatoms. The van der Waals surface area contributed by atoms with Gasteiger partial charge in [0.25, 0.3) is 5.91 Å². The van der Waals surface area contributed by atoms with Gasteiger partial charge in [0.1, 0.15) is 5.75 Å². The van der Waals surface area contributed by atoms with E-state index < -0.39 is 0 Å². The average molecular weight is 348 g/mol. The summed E-state index contributed by atoms with van der Waals surface area (Å²) in [6, 6.07) is 17.8. The predicted octanol–water partition coefficient (Wildman–Crippen LogP) is 2.95. The van der Waals surface area contributed by atoms with Crippen molar-refractivity contribution in [3.05, 3.63) is 72.1 Å². The number of nitrogens with zero attached hydrogens (tertiary/aromatic N) is 3. The molecule has 0 bridgehead atoms. The van der Waals surface area contributed by atoms with E-state index in [-0.39, 0.29) is 11.9 Å². The molecule has 0 spiro atoms. The van der Waals surface area contributed by atoms with Crippen LogP contribution in [0.5, 0.6) is 5.75 Å². The highest BCUT2D eigenvalue weighted by Crippen LogP contribution is 2.41. The van der Waals surface area contributed by atoms with Crippen molar-refractivity contribution in [2.24, 2.45) is 0 Å². The molecule has 1 N–H and O–H groups in total. The number of hydrogen-bond acceptors (Lipinski definition) is 4. The van der Waals surface area contributed by atoms with Gasteiger partial charge >= 0.3 is 0 Å². The van der Waals surface area contributed by atoms with Crippen LogP contribution in [0.15, 0.2) is 60.8 Å². The summed E-state index contributed by atoms with van der Waals surface area (Å²) in [6.07, 6.45) is 2.58. The summed E-state index contributed by atoms with van der Waals surface area (Å²) in [5.41, 5.74) is 2.38. The molecule has 1 fully saturated rings. The number of carbonyl (C=O) groups is 1. The Morgan fingerprint density at radius 2 is 2.08 bits per heavy atom. The second-order valence-electron chi connectivity index (χ2n) is 6.31. The molecule has 0 unspecified atom stereocenters. The van der Waals surface area contributed by atoms with Crippen LogP contribution >= 0.6 is 0 Å². The number of aromatic nitrogens is 3. The van der Waals surface area contributed by atoms with Crippen molar-refractivity contribution in [1.82, 2.24) is 20.3 Å². The number of rotatable bonds is 6. The fraction of sp³-hybridized carbons (Fsp3) is 0.250. The molecule has 26 heavy (non-hydrogen) atoms. The minimum absolute atomic E-state index is 0.126. The average Bonchev–Trinajstić information content (AvgIpc) is 3.25. The van der Waals surface area contributed by atoms with E-state index in [1.54, 1.807) is 10.9 Å². The Kier molecular flexibility index (Phi) is 4.39. The van der Waals surface area contributed by atoms with Gasteiger partial charge < -0.3 is 10.1 Å². The monoisotopic (exact) mass is 348 g/mol. The fourth-order valence-corrected chi connectivity index (χ4v) is 3.04. The Labute approximate surface area is 151 Å². The van der Waals surface area contributed by atoms with Crippen molar-refractivity contribution in [1.29, 1.82) is 0 Å². The number of benzene rings is 2. The molecule has 6 nitrogen and oxygen atoms in total. The lowest BCUT2D eigenvalue weighted by Gasteiger charge is -2.06. The maximum atomic E-state index is 12.4. The van der Waals surface area contributed by atoms with Gasteiger partial charge in [0.15, 0.2) is 5.69 Å². The Bertz CT molecular complexity index is 907. The van der Waals surface area contributed by atoms with Crippen LogP contribution in [0, 0.1) is 0 Å². The molecular weight excluding hydrogens is 328 g/mol. The molecule has 1 aromatic heterocycles. The maximum absolute atomic E-state index is 12.4. The second kappa shape index (κ2) is 7.00. The van der Waals surface area contributed by atoms with Crippen molar-refractivity contribution < 1.29 is 9.53 Å². The fourth-order valence-electron chi connectivity index (χ4n) is 3.04. The van der Waals surface area contributed by atoms with Crippen LogP contribution in [-0.4, -0.2) is 33.5 Å². The first-order valence-electron chi connectivity index (χ1n) is 8.76. The van der Waals surface area contributed by atoms with Crippen LogP contribution < -0.4 is 10.1 Å². The third kappa shape index (κ3) is 3.44. The predicted molar refractivity (Wildman–Crippen MR) is 97.6 cm³/mol. The third-order valence-electron chi connectivity index (χ3n) is 4.45. The van der Waals surface area contributed by atoms with Crippen molar-refractivity contribution in [3.8, 4) is 11.4 Å². The van der Waals surface area contributed by atoms with Crippen LogP contribution in [0.1, 0.15) is 35.3 Å². The van der Waals surface area contributed by atoms with Crippen LogP contribution in [0.25, 0.3) is 5.69 Å². The first kappa shape index (κ1) is 16.3. The van der Waals surface area contributed by atoms with E-state index in [4.69, 9.17) is 4.74 Å². The molecule has 1 aliphatic rings. The van der Waals surface area contributed by atoms with Gasteiger partial charge in [0.05, 0.1) is 18.5 Å². The Morgan fingerprint density at radius 3 is 2.88 bits per heavy atom. The van der Waals surface area contributed by atoms with Crippen LogP contribution in [0.4, 0.5) is 0 Å². The summed E-state index contributed by atoms with van der Waals surface area (Å²) < 4.78 is 7.15. The van der Waals surface area contributed by atoms with Gasteiger partial charge in [-0.2, -0.15) is 0 Å². The smallest absolute Gasteiger partial charge is 0.273 e. The lowest BCUT2D eigenvalue weighted by atomic mass is 10.1. The molecule has 3 aromatic rings. The lowest BCUT2D eigenvalue weighted by Crippen LogP contribution is -2.26. The zero-order chi connectivity index (χ0) is 17.9. The molecule has 4 rings (SSSR count). The van der Waals surface area contributed by atoms with E-state index in [0.29, 0.717) is 18.2 Å². The SMILES string of the molecule is CCOc1cccc([C@@H]2C[C@H]2NC(=O)c2cn(-c3ccccc3)nn2)c1. The molecule has 1 saturated carbocycles. The molecular formula is C20H20N4O2. The van der Waals surface area contributed by atoms with Crippen molar-refractivity contribution in [2.45, 2.75) is 25.3 Å². The van der Waals surface area contributed by atoms with E-state index in [1.165, 1.54) is 5.56 Å². The standard InChI is InChI=1S/C20H20N4O2/c1-2-26-16-10-6-7-14(11-16)17-12-18(17)21-20(25)19-13-24(23-22-19)15-8-4-3-5-9-15/h3-11,13,17-18H,2,12H2,1H3,(H,21,25)/t17-,18+/m0/s1. The third-order valence-corrected chi connectivity index (χ3v) is 4.45. The summed E-state index contributed by atoms with van der Waals surface area (Å²) >= 11 is 0. The summed E-state index contributed by atoms with van der Waals surface area (Å²) in [5.74, 6) is 0.997. The summed E-state index contributed by atoms with van der Waals surface area (Å²) in [4.78, 5) is 12.4.